The average molecular weight is 479 g/mol. The Balaban J connectivity index is 1.55. The predicted octanol–water partition coefficient (Wildman–Crippen LogP) is 4.68. The molecule has 0 radical (unpaired) electrons. The minimum absolute atomic E-state index is 0.0315. The third-order valence-electron chi connectivity index (χ3n) is 4.82. The van der Waals surface area contributed by atoms with Gasteiger partial charge in [0.1, 0.15) is 10.8 Å². The van der Waals surface area contributed by atoms with E-state index >= 15 is 0 Å². The molecule has 2 aromatic carbocycles. The van der Waals surface area contributed by atoms with Crippen LogP contribution in [0.3, 0.4) is 0 Å². The molecule has 0 bridgehead atoms. The molecule has 0 aliphatic heterocycles. The molecule has 5 nitrogen and oxygen atoms in total. The molecule has 174 valence electrons. The van der Waals surface area contributed by atoms with Crippen LogP contribution in [0.2, 0.25) is 0 Å². The van der Waals surface area contributed by atoms with Gasteiger partial charge in [0.15, 0.2) is 0 Å². The van der Waals surface area contributed by atoms with Gasteiger partial charge in [-0.25, -0.2) is 9.37 Å². The molecular weight excluding hydrogens is 458 g/mol. The summed E-state index contributed by atoms with van der Waals surface area (Å²) in [6.07, 6.45) is -4.44. The molecule has 3 rings (SSSR count). The summed E-state index contributed by atoms with van der Waals surface area (Å²) >= 11 is 1.23. The second-order valence-corrected chi connectivity index (χ2v) is 8.07. The summed E-state index contributed by atoms with van der Waals surface area (Å²) in [5.74, 6) is -1.01. The molecule has 0 spiro atoms. The highest BCUT2D eigenvalue weighted by Gasteiger charge is 2.30. The van der Waals surface area contributed by atoms with Crippen molar-refractivity contribution < 1.29 is 27.2 Å². The van der Waals surface area contributed by atoms with Gasteiger partial charge >= 0.3 is 6.18 Å². The first kappa shape index (κ1) is 24.4. The second kappa shape index (κ2) is 10.6. The zero-order valence-electron chi connectivity index (χ0n) is 17.7. The lowest BCUT2D eigenvalue weighted by molar-refractivity contribution is -0.137. The van der Waals surface area contributed by atoms with E-state index in [9.17, 15) is 27.2 Å². The van der Waals surface area contributed by atoms with Crippen LogP contribution < -0.4 is 5.32 Å². The van der Waals surface area contributed by atoms with Gasteiger partial charge in [-0.05, 0) is 36.8 Å². The standard InChI is InChI=1S/C23H21F4N3O2S/c1-2-30(13-20(31)28-12-15-3-9-18(24)10-4-15)21(32)11-19-14-33-22(29-19)16-5-7-17(8-6-16)23(25,26)27/h3-10,14H,2,11-13H2,1H3,(H,28,31). The lowest BCUT2D eigenvalue weighted by Crippen LogP contribution is -2.41. The van der Waals surface area contributed by atoms with Gasteiger partial charge in [0, 0.05) is 24.0 Å². The molecule has 0 aliphatic carbocycles. The fourth-order valence-corrected chi connectivity index (χ4v) is 3.82. The first-order valence-corrected chi connectivity index (χ1v) is 10.9. The van der Waals surface area contributed by atoms with Crippen LogP contribution in [0.1, 0.15) is 23.7 Å². The highest BCUT2D eigenvalue weighted by molar-refractivity contribution is 7.13. The topological polar surface area (TPSA) is 62.3 Å². The summed E-state index contributed by atoms with van der Waals surface area (Å²) < 4.78 is 51.1. The van der Waals surface area contributed by atoms with Crippen LogP contribution >= 0.6 is 11.3 Å². The number of hydrogen-bond donors (Lipinski definition) is 1. The zero-order valence-corrected chi connectivity index (χ0v) is 18.5. The Morgan fingerprint density at radius 1 is 1.06 bits per heavy atom. The number of carbonyl (C=O) groups is 2. The highest BCUT2D eigenvalue weighted by atomic mass is 32.1. The monoisotopic (exact) mass is 479 g/mol. The fraction of sp³-hybridized carbons (Fsp3) is 0.261. The maximum atomic E-state index is 13.0. The van der Waals surface area contributed by atoms with Gasteiger partial charge < -0.3 is 10.2 Å². The molecule has 2 amide bonds. The van der Waals surface area contributed by atoms with Crippen molar-refractivity contribution in [2.75, 3.05) is 13.1 Å². The van der Waals surface area contributed by atoms with Crippen molar-refractivity contribution in [3.63, 3.8) is 0 Å². The maximum Gasteiger partial charge on any atom is 0.416 e. The number of thiazole rings is 1. The minimum atomic E-state index is -4.41. The third kappa shape index (κ3) is 6.85. The molecule has 0 saturated heterocycles. The number of nitrogens with zero attached hydrogens (tertiary/aromatic N) is 2. The normalized spacial score (nSPS) is 11.3. The van der Waals surface area contributed by atoms with Gasteiger partial charge in [0.25, 0.3) is 0 Å². The molecule has 0 unspecified atom stereocenters. The van der Waals surface area contributed by atoms with Crippen molar-refractivity contribution in [1.82, 2.24) is 15.2 Å². The van der Waals surface area contributed by atoms with E-state index in [4.69, 9.17) is 0 Å². The maximum absolute atomic E-state index is 13.0. The number of carbonyl (C=O) groups excluding carboxylic acids is 2. The number of aromatic nitrogens is 1. The number of nitrogens with one attached hydrogen (secondary N) is 1. The number of benzene rings is 2. The van der Waals surface area contributed by atoms with Crippen molar-refractivity contribution in [2.45, 2.75) is 26.1 Å². The van der Waals surface area contributed by atoms with Crippen molar-refractivity contribution in [3.05, 3.63) is 76.5 Å². The van der Waals surface area contributed by atoms with Crippen LogP contribution in [-0.4, -0.2) is 34.8 Å². The van der Waals surface area contributed by atoms with Crippen molar-refractivity contribution in [2.24, 2.45) is 0 Å². The molecule has 10 heteroatoms. The van der Waals surface area contributed by atoms with Crippen LogP contribution in [-0.2, 0) is 28.7 Å². The summed E-state index contributed by atoms with van der Waals surface area (Å²) in [6, 6.07) is 10.4. The van der Waals surface area contributed by atoms with Gasteiger partial charge in [-0.3, -0.25) is 9.59 Å². The zero-order chi connectivity index (χ0) is 24.0. The van der Waals surface area contributed by atoms with E-state index < -0.39 is 11.7 Å². The van der Waals surface area contributed by atoms with E-state index in [0.717, 1.165) is 17.7 Å². The Kier molecular flexibility index (Phi) is 7.80. The SMILES string of the molecule is CCN(CC(=O)NCc1ccc(F)cc1)C(=O)Cc1csc(-c2ccc(C(F)(F)F)cc2)n1. The van der Waals surface area contributed by atoms with Crippen LogP contribution in [0.4, 0.5) is 17.6 Å². The predicted molar refractivity (Wildman–Crippen MR) is 117 cm³/mol. The van der Waals surface area contributed by atoms with Gasteiger partial charge in [-0.2, -0.15) is 13.2 Å². The average Bonchev–Trinajstić information content (AvgIpc) is 3.25. The van der Waals surface area contributed by atoms with E-state index in [1.807, 2.05) is 0 Å². The molecule has 1 aromatic heterocycles. The van der Waals surface area contributed by atoms with Gasteiger partial charge in [-0.1, -0.05) is 24.3 Å². The number of likely N-dealkylation sites (N-methyl/N-ethyl adjacent to an activating group) is 1. The van der Waals surface area contributed by atoms with Crippen LogP contribution in [0.5, 0.6) is 0 Å². The van der Waals surface area contributed by atoms with Crippen molar-refractivity contribution >= 4 is 23.2 Å². The number of hydrogen-bond acceptors (Lipinski definition) is 4. The van der Waals surface area contributed by atoms with Crippen molar-refractivity contribution in [3.8, 4) is 10.6 Å². The molecule has 3 aromatic rings. The van der Waals surface area contributed by atoms with Gasteiger partial charge in [0.05, 0.1) is 24.2 Å². The smallest absolute Gasteiger partial charge is 0.350 e. The molecule has 0 atom stereocenters. The van der Waals surface area contributed by atoms with Crippen LogP contribution in [0, 0.1) is 5.82 Å². The number of alkyl halides is 3. The Bertz CT molecular complexity index is 1100. The Morgan fingerprint density at radius 3 is 2.33 bits per heavy atom. The largest absolute Gasteiger partial charge is 0.416 e. The molecule has 0 saturated carbocycles. The molecular formula is C23H21F4N3O2S. The van der Waals surface area contributed by atoms with E-state index in [2.05, 4.69) is 10.3 Å². The quantitative estimate of drug-likeness (QED) is 0.478. The van der Waals surface area contributed by atoms with Gasteiger partial charge in [0.2, 0.25) is 11.8 Å². The Labute approximate surface area is 192 Å². The summed E-state index contributed by atoms with van der Waals surface area (Å²) in [5.41, 5.74) is 0.996. The number of halogens is 4. The van der Waals surface area contributed by atoms with Crippen molar-refractivity contribution in [1.29, 1.82) is 0 Å². The third-order valence-corrected chi connectivity index (χ3v) is 5.76. The van der Waals surface area contributed by atoms with E-state index in [1.54, 1.807) is 24.4 Å². The molecule has 1 N–H and O–H groups in total. The van der Waals surface area contributed by atoms with Crippen LogP contribution in [0.15, 0.2) is 53.9 Å². The summed E-state index contributed by atoms with van der Waals surface area (Å²) in [5, 5.41) is 4.87. The first-order valence-electron chi connectivity index (χ1n) is 10.1. The second-order valence-electron chi connectivity index (χ2n) is 7.21. The summed E-state index contributed by atoms with van der Waals surface area (Å²) in [4.78, 5) is 30.6. The summed E-state index contributed by atoms with van der Waals surface area (Å²) in [6.45, 7) is 2.15. The van der Waals surface area contributed by atoms with E-state index in [1.165, 1.54) is 40.5 Å². The number of rotatable bonds is 8. The lowest BCUT2D eigenvalue weighted by atomic mass is 10.1. The number of amides is 2. The van der Waals surface area contributed by atoms with E-state index in [0.29, 0.717) is 22.8 Å². The molecule has 1 heterocycles. The first-order chi connectivity index (χ1) is 15.7. The Hall–Kier alpha value is -3.27. The minimum Gasteiger partial charge on any atom is -0.350 e. The van der Waals surface area contributed by atoms with Crippen LogP contribution in [0.25, 0.3) is 10.6 Å². The van der Waals surface area contributed by atoms with Gasteiger partial charge in [-0.15, -0.1) is 11.3 Å². The molecule has 0 aliphatic rings. The molecule has 0 fully saturated rings. The Morgan fingerprint density at radius 2 is 1.73 bits per heavy atom. The highest BCUT2D eigenvalue weighted by Crippen LogP contribution is 2.31. The summed E-state index contributed by atoms with van der Waals surface area (Å²) in [7, 11) is 0. The molecule has 33 heavy (non-hydrogen) atoms. The lowest BCUT2D eigenvalue weighted by Gasteiger charge is -2.20. The van der Waals surface area contributed by atoms with E-state index in [-0.39, 0.29) is 37.1 Å². The fourth-order valence-electron chi connectivity index (χ4n) is 3.00.